The molecule has 2 N–H and O–H groups in total. The molecular formula is C20H27FN4O3. The Labute approximate surface area is 162 Å². The molecule has 2 aromatic rings. The zero-order chi connectivity index (χ0) is 20.0. The lowest BCUT2D eigenvalue weighted by Crippen LogP contribution is -2.35. The van der Waals surface area contributed by atoms with Crippen LogP contribution in [0, 0.1) is 11.7 Å². The molecule has 1 aliphatic heterocycles. The molecule has 2 fully saturated rings. The highest BCUT2D eigenvalue weighted by molar-refractivity contribution is 5.91. The van der Waals surface area contributed by atoms with Crippen molar-refractivity contribution in [1.29, 1.82) is 0 Å². The van der Waals surface area contributed by atoms with Gasteiger partial charge in [0.15, 0.2) is 11.6 Å². The summed E-state index contributed by atoms with van der Waals surface area (Å²) in [5, 5.41) is 3.59. The van der Waals surface area contributed by atoms with Gasteiger partial charge in [-0.1, -0.05) is 6.92 Å². The van der Waals surface area contributed by atoms with Gasteiger partial charge < -0.3 is 15.0 Å². The molecule has 4 rings (SSSR count). The van der Waals surface area contributed by atoms with Crippen LogP contribution >= 0.6 is 0 Å². The van der Waals surface area contributed by atoms with E-state index in [9.17, 15) is 9.59 Å². The van der Waals surface area contributed by atoms with Gasteiger partial charge in [-0.15, -0.1) is 0 Å². The highest BCUT2D eigenvalue weighted by atomic mass is 19.1. The van der Waals surface area contributed by atoms with Gasteiger partial charge >= 0.3 is 5.69 Å². The summed E-state index contributed by atoms with van der Waals surface area (Å²) in [5.74, 6) is 0.180. The number of aromatic amines is 1. The molecule has 1 aliphatic carbocycles. The molecule has 1 aromatic carbocycles. The van der Waals surface area contributed by atoms with E-state index in [1.807, 2.05) is 4.90 Å². The maximum absolute atomic E-state index is 15.1. The molecule has 1 saturated heterocycles. The number of methoxy groups -OCH3 is 1. The van der Waals surface area contributed by atoms with Gasteiger partial charge in [0.1, 0.15) is 11.2 Å². The minimum absolute atomic E-state index is 0.0270. The van der Waals surface area contributed by atoms with Crippen LogP contribution in [0.2, 0.25) is 0 Å². The molecule has 0 bridgehead atoms. The average molecular weight is 390 g/mol. The summed E-state index contributed by atoms with van der Waals surface area (Å²) >= 11 is 0. The fourth-order valence-electron chi connectivity index (χ4n) is 4.40. The molecule has 2 heterocycles. The number of nitrogens with zero attached hydrogens (tertiary/aromatic N) is 2. The summed E-state index contributed by atoms with van der Waals surface area (Å²) in [6.45, 7) is 6.52. The van der Waals surface area contributed by atoms with Gasteiger partial charge in [0.25, 0.3) is 5.56 Å². The van der Waals surface area contributed by atoms with Crippen molar-refractivity contribution in [3.8, 4) is 5.75 Å². The van der Waals surface area contributed by atoms with Gasteiger partial charge in [-0.2, -0.15) is 0 Å². The van der Waals surface area contributed by atoms with Gasteiger partial charge in [-0.05, 0) is 44.7 Å². The van der Waals surface area contributed by atoms with Crippen LogP contribution in [-0.2, 0) is 0 Å². The lowest BCUT2D eigenvalue weighted by atomic mass is 10.0. The molecule has 0 spiro atoms. The van der Waals surface area contributed by atoms with Gasteiger partial charge in [0, 0.05) is 25.2 Å². The molecule has 2 atom stereocenters. The Bertz CT molecular complexity index is 1010. The zero-order valence-corrected chi connectivity index (χ0v) is 16.5. The smallest absolute Gasteiger partial charge is 0.329 e. The van der Waals surface area contributed by atoms with E-state index < -0.39 is 17.1 Å². The van der Waals surface area contributed by atoms with Crippen molar-refractivity contribution in [3.63, 3.8) is 0 Å². The van der Waals surface area contributed by atoms with Gasteiger partial charge in [-0.25, -0.2) is 9.18 Å². The molecule has 2 aliphatic rings. The maximum Gasteiger partial charge on any atom is 0.329 e. The van der Waals surface area contributed by atoms with E-state index in [2.05, 4.69) is 24.1 Å². The topological polar surface area (TPSA) is 79.4 Å². The first-order chi connectivity index (χ1) is 13.5. The first-order valence-corrected chi connectivity index (χ1v) is 9.99. The van der Waals surface area contributed by atoms with Crippen LogP contribution in [-0.4, -0.2) is 42.3 Å². The first-order valence-electron chi connectivity index (χ1n) is 9.99. The highest BCUT2D eigenvalue weighted by Crippen LogP contribution is 2.43. The second-order valence-corrected chi connectivity index (χ2v) is 7.84. The number of ether oxygens (including phenoxy) is 1. The van der Waals surface area contributed by atoms with Crippen molar-refractivity contribution in [2.24, 2.45) is 5.92 Å². The van der Waals surface area contributed by atoms with Crippen molar-refractivity contribution in [2.75, 3.05) is 31.6 Å². The summed E-state index contributed by atoms with van der Waals surface area (Å²) < 4.78 is 22.3. The quantitative estimate of drug-likeness (QED) is 0.789. The number of aromatic nitrogens is 2. The Morgan fingerprint density at radius 2 is 2.11 bits per heavy atom. The van der Waals surface area contributed by atoms with Crippen molar-refractivity contribution in [2.45, 2.75) is 45.2 Å². The van der Waals surface area contributed by atoms with Gasteiger partial charge in [-0.3, -0.25) is 14.3 Å². The SMILES string of the molecule is CCNC(C)[C@H]1CCN(c2c(F)cc3c(=O)[nH]c(=O)n(C4CC4)c3c2OC)C1. The maximum atomic E-state index is 15.1. The second kappa shape index (κ2) is 7.24. The minimum atomic E-state index is -0.583. The summed E-state index contributed by atoms with van der Waals surface area (Å²) in [7, 11) is 1.47. The predicted molar refractivity (Wildman–Crippen MR) is 107 cm³/mol. The van der Waals surface area contributed by atoms with Gasteiger partial charge in [0.2, 0.25) is 0 Å². The number of benzene rings is 1. The Morgan fingerprint density at radius 1 is 1.36 bits per heavy atom. The van der Waals surface area contributed by atoms with E-state index in [4.69, 9.17) is 4.74 Å². The zero-order valence-electron chi connectivity index (χ0n) is 16.5. The monoisotopic (exact) mass is 390 g/mol. The fraction of sp³-hybridized carbons (Fsp3) is 0.600. The van der Waals surface area contributed by atoms with E-state index in [1.54, 1.807) is 4.57 Å². The Kier molecular flexibility index (Phi) is 4.91. The Hall–Kier alpha value is -2.35. The van der Waals surface area contributed by atoms with Crippen molar-refractivity contribution in [1.82, 2.24) is 14.9 Å². The van der Waals surface area contributed by atoms with Crippen LogP contribution in [0.1, 0.15) is 39.2 Å². The van der Waals surface area contributed by atoms with E-state index in [0.717, 1.165) is 25.8 Å². The Balaban J connectivity index is 1.86. The molecule has 0 radical (unpaired) electrons. The van der Waals surface area contributed by atoms with E-state index in [-0.39, 0.29) is 17.2 Å². The molecule has 1 saturated carbocycles. The van der Waals surface area contributed by atoms with Gasteiger partial charge in [0.05, 0.1) is 12.5 Å². The summed E-state index contributed by atoms with van der Waals surface area (Å²) in [6.07, 6.45) is 2.67. The predicted octanol–water partition coefficient (Wildman–Crippen LogP) is 2.00. The number of hydrogen-bond donors (Lipinski definition) is 2. The first kappa shape index (κ1) is 19.0. The van der Waals surface area contributed by atoms with Crippen LogP contribution in [0.25, 0.3) is 10.9 Å². The van der Waals surface area contributed by atoms with E-state index >= 15 is 4.39 Å². The lowest BCUT2D eigenvalue weighted by molar-refractivity contribution is 0.405. The minimum Gasteiger partial charge on any atom is -0.492 e. The lowest BCUT2D eigenvalue weighted by Gasteiger charge is -2.25. The van der Waals surface area contributed by atoms with Crippen LogP contribution in [0.15, 0.2) is 15.7 Å². The standard InChI is InChI=1S/C20H27FN4O3/c1-4-22-11(2)12-7-8-24(10-12)17-15(21)9-14-16(18(17)28-3)25(13-5-6-13)20(27)23-19(14)26/h9,11-13,22H,4-8,10H2,1-3H3,(H,23,26,27)/t11?,12-/m0/s1. The third-order valence-electron chi connectivity index (χ3n) is 6.00. The molecule has 7 nitrogen and oxygen atoms in total. The van der Waals surface area contributed by atoms with Crippen molar-refractivity contribution >= 4 is 16.6 Å². The molecule has 1 unspecified atom stereocenters. The fourth-order valence-corrected chi connectivity index (χ4v) is 4.40. The number of hydrogen-bond acceptors (Lipinski definition) is 5. The second-order valence-electron chi connectivity index (χ2n) is 7.84. The van der Waals surface area contributed by atoms with Crippen LogP contribution in [0.4, 0.5) is 10.1 Å². The normalized spacial score (nSPS) is 20.7. The molecule has 8 heteroatoms. The van der Waals surface area contributed by atoms with Crippen molar-refractivity contribution < 1.29 is 9.13 Å². The number of anilines is 1. The number of fused-ring (bicyclic) bond motifs is 1. The Morgan fingerprint density at radius 3 is 2.75 bits per heavy atom. The molecule has 1 aromatic heterocycles. The van der Waals surface area contributed by atoms with Crippen molar-refractivity contribution in [3.05, 3.63) is 32.7 Å². The van der Waals surface area contributed by atoms with Crippen LogP contribution < -0.4 is 26.2 Å². The summed E-state index contributed by atoms with van der Waals surface area (Å²) in [5.41, 5.74) is -0.296. The van der Waals surface area contributed by atoms with E-state index in [0.29, 0.717) is 36.3 Å². The molecular weight excluding hydrogens is 363 g/mol. The van der Waals surface area contributed by atoms with Crippen LogP contribution in [0.5, 0.6) is 5.75 Å². The summed E-state index contributed by atoms with van der Waals surface area (Å²) in [6, 6.07) is 1.60. The van der Waals surface area contributed by atoms with E-state index in [1.165, 1.54) is 13.2 Å². The average Bonchev–Trinajstić information content (AvgIpc) is 3.37. The molecule has 0 amide bonds. The number of H-pyrrole nitrogens is 1. The summed E-state index contributed by atoms with van der Waals surface area (Å²) in [4.78, 5) is 29.1. The third-order valence-corrected chi connectivity index (χ3v) is 6.00. The largest absolute Gasteiger partial charge is 0.492 e. The number of halogens is 1. The number of nitrogens with one attached hydrogen (secondary N) is 2. The third kappa shape index (κ3) is 3.09. The molecule has 152 valence electrons. The van der Waals surface area contributed by atoms with Crippen LogP contribution in [0.3, 0.4) is 0 Å². The number of rotatable bonds is 6. The molecule has 28 heavy (non-hydrogen) atoms. The highest BCUT2D eigenvalue weighted by Gasteiger charge is 2.34.